The average molecular weight is 319 g/mol. The first-order chi connectivity index (χ1) is 8.67. The highest BCUT2D eigenvalue weighted by molar-refractivity contribution is 7.91. The molecule has 0 saturated heterocycles. The summed E-state index contributed by atoms with van der Waals surface area (Å²) in [6.07, 6.45) is 1.01. The monoisotopic (exact) mass is 319 g/mol. The number of hydrogen-bond acceptors (Lipinski definition) is 5. The molecule has 114 valence electrons. The molecule has 0 aliphatic heterocycles. The van der Waals surface area contributed by atoms with Gasteiger partial charge in [-0.1, -0.05) is 26.8 Å². The fraction of sp³-hybridized carbons (Fsp3) is 0.538. The van der Waals surface area contributed by atoms with Crippen molar-refractivity contribution in [3.05, 3.63) is 22.8 Å². The second-order valence-electron chi connectivity index (χ2n) is 6.00. The Morgan fingerprint density at radius 2 is 1.45 bits per heavy atom. The van der Waals surface area contributed by atoms with Gasteiger partial charge in [0.25, 0.3) is 0 Å². The maximum Gasteiger partial charge on any atom is 0.176 e. The standard InChI is InChI=1S/C13H20O5S2/c1-8-7-10(13(3,4)5)12(19(6,14)15)9(2)11(8)20(16,17)18/h7H,1-6H3,(H,16,17,18)/p-1. The third-order valence-electron chi connectivity index (χ3n) is 3.07. The first-order valence-electron chi connectivity index (χ1n) is 5.98. The van der Waals surface area contributed by atoms with Crippen molar-refractivity contribution in [3.8, 4) is 0 Å². The van der Waals surface area contributed by atoms with Crippen molar-refractivity contribution in [2.45, 2.75) is 49.8 Å². The van der Waals surface area contributed by atoms with Gasteiger partial charge in [-0.3, -0.25) is 0 Å². The van der Waals surface area contributed by atoms with Crippen molar-refractivity contribution in [1.82, 2.24) is 0 Å². The van der Waals surface area contributed by atoms with Crippen molar-refractivity contribution in [2.75, 3.05) is 6.26 Å². The van der Waals surface area contributed by atoms with E-state index in [2.05, 4.69) is 0 Å². The van der Waals surface area contributed by atoms with E-state index in [0.29, 0.717) is 5.56 Å². The van der Waals surface area contributed by atoms with Crippen LogP contribution in [0.25, 0.3) is 0 Å². The maximum atomic E-state index is 12.0. The largest absolute Gasteiger partial charge is 0.744 e. The van der Waals surface area contributed by atoms with Crippen LogP contribution in [0.3, 0.4) is 0 Å². The third kappa shape index (κ3) is 3.21. The molecule has 5 nitrogen and oxygen atoms in total. The fourth-order valence-electron chi connectivity index (χ4n) is 2.37. The summed E-state index contributed by atoms with van der Waals surface area (Å²) in [5.74, 6) is 0. The highest BCUT2D eigenvalue weighted by Crippen LogP contribution is 2.36. The van der Waals surface area contributed by atoms with Gasteiger partial charge in [0.2, 0.25) is 0 Å². The van der Waals surface area contributed by atoms with Crippen LogP contribution in [0.1, 0.15) is 37.5 Å². The fourth-order valence-corrected chi connectivity index (χ4v) is 4.79. The summed E-state index contributed by atoms with van der Waals surface area (Å²) in [4.78, 5) is -0.504. The van der Waals surface area contributed by atoms with Gasteiger partial charge in [0.15, 0.2) is 9.84 Å². The molecule has 20 heavy (non-hydrogen) atoms. The molecule has 0 spiro atoms. The molecule has 1 rings (SSSR count). The summed E-state index contributed by atoms with van der Waals surface area (Å²) in [5.41, 5.74) is 0.309. The first kappa shape index (κ1) is 17.1. The van der Waals surface area contributed by atoms with E-state index in [0.717, 1.165) is 6.26 Å². The van der Waals surface area contributed by atoms with Gasteiger partial charge in [0.1, 0.15) is 10.1 Å². The van der Waals surface area contributed by atoms with Gasteiger partial charge in [-0.2, -0.15) is 0 Å². The number of benzene rings is 1. The van der Waals surface area contributed by atoms with Crippen LogP contribution in [0, 0.1) is 13.8 Å². The van der Waals surface area contributed by atoms with Gasteiger partial charge in [-0.05, 0) is 36.0 Å². The van der Waals surface area contributed by atoms with Crippen molar-refractivity contribution in [3.63, 3.8) is 0 Å². The predicted octanol–water partition coefficient (Wildman–Crippen LogP) is 1.91. The molecule has 0 aliphatic rings. The lowest BCUT2D eigenvalue weighted by Gasteiger charge is -2.27. The van der Waals surface area contributed by atoms with Crippen molar-refractivity contribution in [2.24, 2.45) is 0 Å². The van der Waals surface area contributed by atoms with Crippen LogP contribution in [-0.2, 0) is 25.4 Å². The predicted molar refractivity (Wildman–Crippen MR) is 75.7 cm³/mol. The maximum absolute atomic E-state index is 12.0. The molecule has 0 heterocycles. The quantitative estimate of drug-likeness (QED) is 0.776. The number of rotatable bonds is 2. The minimum Gasteiger partial charge on any atom is -0.744 e. The summed E-state index contributed by atoms with van der Waals surface area (Å²) in [6, 6.07) is 1.48. The molecule has 0 amide bonds. The topological polar surface area (TPSA) is 91.3 Å². The highest BCUT2D eigenvalue weighted by Gasteiger charge is 2.28. The normalized spacial score (nSPS) is 13.6. The molecular weight excluding hydrogens is 300 g/mol. The zero-order chi connectivity index (χ0) is 16.1. The Bertz CT molecular complexity index is 751. The number of hydrogen-bond donors (Lipinski definition) is 0. The van der Waals surface area contributed by atoms with Crippen LogP contribution in [0.15, 0.2) is 15.9 Å². The molecular formula is C13H19O5S2-. The lowest BCUT2D eigenvalue weighted by molar-refractivity contribution is 0.461. The number of sulfone groups is 1. The van der Waals surface area contributed by atoms with Crippen molar-refractivity contribution in [1.29, 1.82) is 0 Å². The minimum absolute atomic E-state index is 0.00688. The van der Waals surface area contributed by atoms with Gasteiger partial charge in [-0.25, -0.2) is 16.8 Å². The molecule has 0 atom stereocenters. The van der Waals surface area contributed by atoms with Gasteiger partial charge in [0, 0.05) is 6.26 Å². The van der Waals surface area contributed by atoms with E-state index in [-0.39, 0.29) is 16.0 Å². The smallest absolute Gasteiger partial charge is 0.176 e. The molecule has 0 unspecified atom stereocenters. The summed E-state index contributed by atoms with van der Waals surface area (Å²) < 4.78 is 58.1. The van der Waals surface area contributed by atoms with E-state index >= 15 is 0 Å². The molecule has 0 N–H and O–H groups in total. The van der Waals surface area contributed by atoms with E-state index in [9.17, 15) is 21.4 Å². The zero-order valence-corrected chi connectivity index (χ0v) is 14.1. The van der Waals surface area contributed by atoms with Crippen molar-refractivity contribution >= 4 is 20.0 Å². The highest BCUT2D eigenvalue weighted by atomic mass is 32.2. The van der Waals surface area contributed by atoms with Crippen LogP contribution >= 0.6 is 0 Å². The van der Waals surface area contributed by atoms with Crippen LogP contribution in [0.5, 0.6) is 0 Å². The Balaban J connectivity index is 4.07. The third-order valence-corrected chi connectivity index (χ3v) is 5.47. The van der Waals surface area contributed by atoms with E-state index in [1.807, 2.05) is 20.8 Å². The van der Waals surface area contributed by atoms with E-state index in [4.69, 9.17) is 0 Å². The van der Waals surface area contributed by atoms with Crippen LogP contribution in [-0.4, -0.2) is 27.6 Å². The van der Waals surface area contributed by atoms with Gasteiger partial charge >= 0.3 is 0 Å². The average Bonchev–Trinajstić information content (AvgIpc) is 2.09. The van der Waals surface area contributed by atoms with Crippen LogP contribution < -0.4 is 0 Å². The molecule has 7 heteroatoms. The Morgan fingerprint density at radius 3 is 1.75 bits per heavy atom. The van der Waals surface area contributed by atoms with Crippen LogP contribution in [0.4, 0.5) is 0 Å². The Labute approximate surface area is 120 Å². The molecule has 1 aromatic carbocycles. The number of aryl methyl sites for hydroxylation is 1. The molecule has 0 bridgehead atoms. The first-order valence-corrected chi connectivity index (χ1v) is 9.28. The van der Waals surface area contributed by atoms with E-state index in [1.165, 1.54) is 19.9 Å². The van der Waals surface area contributed by atoms with E-state index in [1.54, 1.807) is 0 Å². The zero-order valence-electron chi connectivity index (χ0n) is 12.4. The molecule has 1 aromatic rings. The SMILES string of the molecule is Cc1cc(C(C)(C)C)c(S(C)(=O)=O)c(C)c1S(=O)(=O)[O-]. The lowest BCUT2D eigenvalue weighted by atomic mass is 9.85. The molecule has 0 radical (unpaired) electrons. The molecule has 0 saturated carbocycles. The Kier molecular flexibility index (Phi) is 4.13. The van der Waals surface area contributed by atoms with Gasteiger partial charge in [-0.15, -0.1) is 0 Å². The Hall–Kier alpha value is -0.920. The van der Waals surface area contributed by atoms with Crippen LogP contribution in [0.2, 0.25) is 0 Å². The van der Waals surface area contributed by atoms with Crippen molar-refractivity contribution < 1.29 is 21.4 Å². The summed E-state index contributed by atoms with van der Waals surface area (Å²) >= 11 is 0. The molecule has 0 aromatic heterocycles. The second-order valence-corrected chi connectivity index (χ2v) is 9.27. The Morgan fingerprint density at radius 1 is 1.00 bits per heavy atom. The minimum atomic E-state index is -4.72. The lowest BCUT2D eigenvalue weighted by Crippen LogP contribution is -2.20. The van der Waals surface area contributed by atoms with Gasteiger partial charge < -0.3 is 4.55 Å². The van der Waals surface area contributed by atoms with E-state index < -0.39 is 30.3 Å². The summed E-state index contributed by atoms with van der Waals surface area (Å²) in [6.45, 7) is 8.37. The summed E-state index contributed by atoms with van der Waals surface area (Å²) in [5, 5.41) is 0. The second kappa shape index (κ2) is 4.82. The summed E-state index contributed by atoms with van der Waals surface area (Å²) in [7, 11) is -8.37. The molecule has 0 aliphatic carbocycles. The molecule has 0 fully saturated rings. The van der Waals surface area contributed by atoms with Gasteiger partial charge in [0.05, 0.1) is 9.79 Å².